The van der Waals surface area contributed by atoms with Crippen molar-refractivity contribution in [3.8, 4) is 0 Å². The van der Waals surface area contributed by atoms with Gasteiger partial charge >= 0.3 is 5.97 Å². The van der Waals surface area contributed by atoms with Crippen LogP contribution in [0, 0.1) is 17.8 Å². The standard InChI is InChI=1S/C59H87N15O15/c1-10-31(6)49(74-56(85)43(25-45(62)76)71-52(81)38(60)23-35-16-12-11-13-17-35)57(86)65-27-46(77)64-28-47(78)69-42(24-36-26-63-39-19-15-14-18-37(36)39)55(84)73-48(30(4)5)58(87)67-32(7)50(79)66-33(8)51(80)70-40(20-21-44(61)75)53(82)72-41(22-29(2)3)54(83)68-34(9)59(88)89/h11-19,26,29-34,38,40-43,48-49,63H,10,20-25,27-28,60H2,1-9H3,(H2,61,75)(H2,62,76)(H,64,77)(H,65,86)(H,66,79)(H,67,87)(H,68,83)(H,69,78)(H,70,80)(H,71,81)(H,72,82)(H,73,84)(H,74,85)(H,88,89)/t31-,32-,33-,34-,38-,40-,41-,42-,43-,48-,49-/m0/s1. The number of rotatable bonds is 37. The van der Waals surface area contributed by atoms with Gasteiger partial charge in [-0.2, -0.15) is 0 Å². The monoisotopic (exact) mass is 1250 g/mol. The van der Waals surface area contributed by atoms with Gasteiger partial charge in [-0.25, -0.2) is 0 Å². The fraction of sp³-hybridized carbons (Fsp3) is 0.525. The van der Waals surface area contributed by atoms with Crippen molar-refractivity contribution >= 4 is 93.7 Å². The molecule has 30 heteroatoms. The fourth-order valence-corrected chi connectivity index (χ4v) is 8.86. The number of carboxylic acids is 1. The molecule has 0 aliphatic heterocycles. The van der Waals surface area contributed by atoms with Gasteiger partial charge in [-0.15, -0.1) is 0 Å². The minimum Gasteiger partial charge on any atom is -0.480 e. The maximum Gasteiger partial charge on any atom is 0.325 e. The number of aromatic amines is 1. The van der Waals surface area contributed by atoms with Gasteiger partial charge in [0.2, 0.25) is 76.8 Å². The number of aromatic nitrogens is 1. The summed E-state index contributed by atoms with van der Waals surface area (Å²) in [5.74, 6) is -13.8. The third-order valence-corrected chi connectivity index (χ3v) is 14.2. The van der Waals surface area contributed by atoms with E-state index in [1.165, 1.54) is 20.8 Å². The number of carbonyl (C=O) groups excluding carboxylic acids is 13. The van der Waals surface area contributed by atoms with Crippen LogP contribution in [-0.4, -0.2) is 166 Å². The van der Waals surface area contributed by atoms with Crippen LogP contribution in [0.1, 0.15) is 106 Å². The number of primary amides is 2. The van der Waals surface area contributed by atoms with Crippen LogP contribution >= 0.6 is 0 Å². The molecule has 1 heterocycles. The second-order valence-corrected chi connectivity index (χ2v) is 22.6. The first-order valence-electron chi connectivity index (χ1n) is 29.2. The van der Waals surface area contributed by atoms with Gasteiger partial charge in [0.15, 0.2) is 0 Å². The molecule has 0 aliphatic carbocycles. The van der Waals surface area contributed by atoms with E-state index in [0.717, 1.165) is 5.56 Å². The maximum absolute atomic E-state index is 14.3. The van der Waals surface area contributed by atoms with E-state index in [-0.39, 0.29) is 38.0 Å². The fourth-order valence-electron chi connectivity index (χ4n) is 8.86. The summed E-state index contributed by atoms with van der Waals surface area (Å²) in [6.45, 7) is 12.5. The molecule has 0 spiro atoms. The first kappa shape index (κ1) is 73.8. The summed E-state index contributed by atoms with van der Waals surface area (Å²) in [6.07, 6.45) is 0.735. The Labute approximate surface area is 515 Å². The quantitative estimate of drug-likeness (QED) is 0.0272. The van der Waals surface area contributed by atoms with E-state index in [9.17, 15) is 72.2 Å². The van der Waals surface area contributed by atoms with Crippen molar-refractivity contribution in [1.82, 2.24) is 63.5 Å². The van der Waals surface area contributed by atoms with Crippen molar-refractivity contribution in [1.29, 1.82) is 0 Å². The van der Waals surface area contributed by atoms with Crippen LogP contribution in [-0.2, 0) is 80.0 Å². The van der Waals surface area contributed by atoms with E-state index in [2.05, 4.69) is 63.5 Å². The molecule has 1 aromatic heterocycles. The summed E-state index contributed by atoms with van der Waals surface area (Å²) < 4.78 is 0. The highest BCUT2D eigenvalue weighted by atomic mass is 16.4. The SMILES string of the molecule is CC[C@H](C)[C@H](NC(=O)[C@H](CC(N)=O)NC(=O)[C@@H](N)Cc1ccccc1)C(=O)NCC(=O)NCC(=O)N[C@@H](Cc1c[nH]c2ccccc12)C(=O)N[C@H](C(=O)N[C@@H](C)C(=O)N[C@@H](C)C(=O)N[C@@H](CCC(N)=O)C(=O)N[C@@H](CC(C)C)C(=O)N[C@@H](C)C(=O)O)C(C)C. The maximum atomic E-state index is 14.3. The summed E-state index contributed by atoms with van der Waals surface area (Å²) in [5, 5.41) is 37.2. The summed E-state index contributed by atoms with van der Waals surface area (Å²) in [6, 6.07) is 2.64. The van der Waals surface area contributed by atoms with Crippen molar-refractivity contribution in [3.05, 3.63) is 71.9 Å². The Kier molecular flexibility index (Phi) is 29.8. The van der Waals surface area contributed by atoms with Crippen LogP contribution < -0.4 is 75.7 Å². The third-order valence-electron chi connectivity index (χ3n) is 14.2. The lowest BCUT2D eigenvalue weighted by molar-refractivity contribution is -0.142. The molecule has 0 saturated heterocycles. The van der Waals surface area contributed by atoms with Crippen LogP contribution in [0.5, 0.6) is 0 Å². The predicted molar refractivity (Wildman–Crippen MR) is 324 cm³/mol. The third kappa shape index (κ3) is 25.0. The predicted octanol–water partition coefficient (Wildman–Crippen LogP) is -3.09. The second-order valence-electron chi connectivity index (χ2n) is 22.6. The number of fused-ring (bicyclic) bond motifs is 1. The Morgan fingerprint density at radius 3 is 1.63 bits per heavy atom. The lowest BCUT2D eigenvalue weighted by Gasteiger charge is -2.27. The molecule has 11 atom stereocenters. The van der Waals surface area contributed by atoms with E-state index in [1.807, 2.05) is 0 Å². The number of benzene rings is 2. The van der Waals surface area contributed by atoms with Crippen LogP contribution in [0.3, 0.4) is 0 Å². The number of H-pyrrole nitrogens is 1. The average Bonchev–Trinajstić information content (AvgIpc) is 3.10. The van der Waals surface area contributed by atoms with Crippen molar-refractivity contribution < 1.29 is 72.2 Å². The molecule has 0 saturated carbocycles. The summed E-state index contributed by atoms with van der Waals surface area (Å²) in [4.78, 5) is 187. The summed E-state index contributed by atoms with van der Waals surface area (Å²) >= 11 is 0. The van der Waals surface area contributed by atoms with Crippen molar-refractivity contribution in [3.63, 3.8) is 0 Å². The number of amides is 13. The first-order valence-corrected chi connectivity index (χ1v) is 29.2. The van der Waals surface area contributed by atoms with Gasteiger partial charge in [0.1, 0.15) is 54.4 Å². The largest absolute Gasteiger partial charge is 0.480 e. The molecule has 3 rings (SSSR count). The molecular weight excluding hydrogens is 1160 g/mol. The van der Waals surface area contributed by atoms with Crippen LogP contribution in [0.25, 0.3) is 10.9 Å². The van der Waals surface area contributed by atoms with Crippen molar-refractivity contribution in [2.24, 2.45) is 35.0 Å². The van der Waals surface area contributed by atoms with Gasteiger partial charge in [-0.1, -0.05) is 96.5 Å². The molecule has 0 radical (unpaired) electrons. The number of aliphatic carboxylic acids is 1. The molecule has 0 bridgehead atoms. The second kappa shape index (κ2) is 36.0. The van der Waals surface area contributed by atoms with E-state index < -0.39 is 175 Å². The number of nitrogens with two attached hydrogens (primary N) is 3. The number of carboxylic acid groups (broad SMARTS) is 1. The molecule has 0 unspecified atom stereocenters. The molecule has 0 fully saturated rings. The van der Waals surface area contributed by atoms with Gasteiger partial charge in [0, 0.05) is 29.9 Å². The lowest BCUT2D eigenvalue weighted by Crippen LogP contribution is -2.60. The van der Waals surface area contributed by atoms with Gasteiger partial charge in [-0.3, -0.25) is 67.1 Å². The highest BCUT2D eigenvalue weighted by Crippen LogP contribution is 2.20. The number of hydrogen-bond acceptors (Lipinski definition) is 15. The highest BCUT2D eigenvalue weighted by Gasteiger charge is 2.35. The molecule has 2 aromatic carbocycles. The van der Waals surface area contributed by atoms with Crippen molar-refractivity contribution in [2.45, 2.75) is 168 Å². The Balaban J connectivity index is 1.69. The Morgan fingerprint density at radius 1 is 0.506 bits per heavy atom. The lowest BCUT2D eigenvalue weighted by atomic mass is 9.97. The Hall–Kier alpha value is -9.48. The summed E-state index contributed by atoms with van der Waals surface area (Å²) in [5.41, 5.74) is 18.9. The van der Waals surface area contributed by atoms with Gasteiger partial charge in [0.05, 0.1) is 25.6 Å². The Bertz CT molecular complexity index is 3010. The average molecular weight is 1250 g/mol. The summed E-state index contributed by atoms with van der Waals surface area (Å²) in [7, 11) is 0. The zero-order valence-electron chi connectivity index (χ0n) is 51.5. The van der Waals surface area contributed by atoms with E-state index >= 15 is 0 Å². The minimum absolute atomic E-state index is 0.0743. The van der Waals surface area contributed by atoms with E-state index in [0.29, 0.717) is 22.9 Å². The molecule has 13 amide bonds. The van der Waals surface area contributed by atoms with Crippen LogP contribution in [0.4, 0.5) is 0 Å². The van der Waals surface area contributed by atoms with Crippen molar-refractivity contribution in [2.75, 3.05) is 13.1 Å². The molecular formula is C59H87N15O15. The zero-order chi connectivity index (χ0) is 66.8. The molecule has 3 aromatic rings. The van der Waals surface area contributed by atoms with E-state index in [1.54, 1.807) is 102 Å². The smallest absolute Gasteiger partial charge is 0.325 e. The zero-order valence-corrected chi connectivity index (χ0v) is 51.5. The van der Waals surface area contributed by atoms with Gasteiger partial charge < -0.3 is 85.8 Å². The molecule has 0 aliphatic rings. The van der Waals surface area contributed by atoms with E-state index in [4.69, 9.17) is 17.2 Å². The number of nitrogens with one attached hydrogen (secondary N) is 12. The molecule has 19 N–H and O–H groups in total. The number of para-hydroxylation sites is 1. The molecule has 30 nitrogen and oxygen atoms in total. The minimum atomic E-state index is -1.51. The van der Waals surface area contributed by atoms with Gasteiger partial charge in [0.25, 0.3) is 0 Å². The number of hydrogen-bond donors (Lipinski definition) is 16. The van der Waals surface area contributed by atoms with Gasteiger partial charge in [-0.05, 0) is 75.0 Å². The molecule has 89 heavy (non-hydrogen) atoms. The highest BCUT2D eigenvalue weighted by molar-refractivity contribution is 5.99. The Morgan fingerprint density at radius 2 is 1.03 bits per heavy atom. The first-order chi connectivity index (χ1) is 41.8. The molecule has 488 valence electrons. The van der Waals surface area contributed by atoms with Crippen LogP contribution in [0.2, 0.25) is 0 Å². The normalized spacial score (nSPS) is 14.8. The van der Waals surface area contributed by atoms with Crippen LogP contribution in [0.15, 0.2) is 60.8 Å². The number of carbonyl (C=O) groups is 14. The topological polar surface area (TPSA) is 485 Å².